The van der Waals surface area contributed by atoms with Gasteiger partial charge in [0.2, 0.25) is 0 Å². The van der Waals surface area contributed by atoms with Gasteiger partial charge < -0.3 is 14.8 Å². The summed E-state index contributed by atoms with van der Waals surface area (Å²) in [5.41, 5.74) is -7.19. The molecule has 2 amide bonds. The molecule has 2 aliphatic rings. The van der Waals surface area contributed by atoms with Gasteiger partial charge in [0.25, 0.3) is 11.4 Å². The maximum absolute atomic E-state index is 13.7. The number of benzene rings is 1. The largest absolute Gasteiger partial charge is 0.530 e. The first-order chi connectivity index (χ1) is 16.8. The SMILES string of the molecule is [2H]c1c([2H])c(C2=[N+](C(C)(C)C)C3(N([2H])C2=O)C([2H])([2H])N(C(=O)[O-])C([2H])([2H])C([2H])([2H])C3([2H])[2H])c([2H])c([2H])c1Cl. The molecule has 0 aliphatic carbocycles. The second kappa shape index (κ2) is 6.02. The van der Waals surface area contributed by atoms with Crippen molar-refractivity contribution in [2.45, 2.75) is 44.7 Å². The maximum atomic E-state index is 13.7. The number of nitrogens with zero attached hydrogens (tertiary/aromatic N) is 2. The lowest BCUT2D eigenvalue weighted by Crippen LogP contribution is -2.65. The molecule has 0 bridgehead atoms. The second-order valence-electron chi connectivity index (χ2n) is 6.21. The summed E-state index contributed by atoms with van der Waals surface area (Å²) in [7, 11) is 0. The van der Waals surface area contributed by atoms with Crippen LogP contribution in [-0.2, 0) is 4.79 Å². The molecular weight excluding hydrogens is 342 g/mol. The van der Waals surface area contributed by atoms with Gasteiger partial charge in [-0.2, -0.15) is 4.58 Å². The number of hydrogen-bond acceptors (Lipinski definition) is 3. The van der Waals surface area contributed by atoms with E-state index in [1.807, 2.05) is 0 Å². The van der Waals surface area contributed by atoms with Gasteiger partial charge in [0.15, 0.2) is 6.95 Å². The van der Waals surface area contributed by atoms with Crippen LogP contribution in [-0.4, -0.2) is 51.4 Å². The van der Waals surface area contributed by atoms with Crippen LogP contribution in [0.1, 0.15) is 55.5 Å². The van der Waals surface area contributed by atoms with Crippen LogP contribution in [0.25, 0.3) is 0 Å². The van der Waals surface area contributed by atoms with Crippen LogP contribution in [0.4, 0.5) is 4.79 Å². The lowest BCUT2D eigenvalue weighted by atomic mass is 9.93. The van der Waals surface area contributed by atoms with Crippen molar-refractivity contribution in [2.24, 2.45) is 0 Å². The van der Waals surface area contributed by atoms with Crippen LogP contribution in [0.2, 0.25) is 6.43 Å². The Morgan fingerprint density at radius 1 is 1.48 bits per heavy atom. The Balaban J connectivity index is 2.74. The summed E-state index contributed by atoms with van der Waals surface area (Å²) in [6.45, 7) is -4.13. The fraction of sp³-hybridized carbons (Fsp3) is 0.500. The van der Waals surface area contributed by atoms with E-state index >= 15 is 0 Å². The van der Waals surface area contributed by atoms with Crippen molar-refractivity contribution in [3.63, 3.8) is 0 Å². The summed E-state index contributed by atoms with van der Waals surface area (Å²) in [6, 6.07) is -3.50. The number of rotatable bonds is 1. The zero-order valence-electron chi connectivity index (χ0n) is 26.4. The van der Waals surface area contributed by atoms with E-state index in [0.29, 0.717) is 4.58 Å². The van der Waals surface area contributed by atoms with Crippen molar-refractivity contribution in [1.82, 2.24) is 10.2 Å². The van der Waals surface area contributed by atoms with Crippen molar-refractivity contribution in [1.29, 1.82) is 0 Å². The van der Waals surface area contributed by atoms with E-state index in [4.69, 9.17) is 29.5 Å². The molecule has 1 spiro atoms. The quantitative estimate of drug-likeness (QED) is 0.748. The second-order valence-corrected chi connectivity index (χ2v) is 6.59. The topological polar surface area (TPSA) is 75.5 Å². The molecule has 0 radical (unpaired) electrons. The number of hydrogen-bond donors (Lipinski definition) is 1. The third kappa shape index (κ3) is 3.11. The van der Waals surface area contributed by atoms with Gasteiger partial charge in [0, 0.05) is 26.1 Å². The molecule has 2 heterocycles. The molecule has 0 saturated carbocycles. The fourth-order valence-electron chi connectivity index (χ4n) is 2.60. The minimum atomic E-state index is -3.96. The predicted octanol–water partition coefficient (Wildman–Crippen LogP) is 1.21. The van der Waals surface area contributed by atoms with Crippen molar-refractivity contribution in [3.05, 3.63) is 34.8 Å². The molecule has 3 rings (SSSR count). The minimum absolute atomic E-state index is 0.378. The number of halogens is 1. The first-order valence-electron chi connectivity index (χ1n) is 13.5. The van der Waals surface area contributed by atoms with Gasteiger partial charge in [-0.05, 0) is 51.3 Å². The van der Waals surface area contributed by atoms with Gasteiger partial charge in [0.05, 0.1) is 13.8 Å². The van der Waals surface area contributed by atoms with Crippen LogP contribution in [0, 0.1) is 0 Å². The first kappa shape index (κ1) is 7.66. The minimum Gasteiger partial charge on any atom is -0.530 e. The van der Waals surface area contributed by atoms with Crippen molar-refractivity contribution < 1.29 is 37.1 Å². The van der Waals surface area contributed by atoms with E-state index in [1.165, 1.54) is 20.8 Å². The molecule has 25 heavy (non-hydrogen) atoms. The Bertz CT molecular complexity index is 1280. The average molecular weight is 377 g/mol. The highest BCUT2D eigenvalue weighted by atomic mass is 35.5. The molecule has 1 fully saturated rings. The van der Waals surface area contributed by atoms with E-state index in [-0.39, 0.29) is 5.31 Å². The zero-order valence-corrected chi connectivity index (χ0v) is 14.2. The molecule has 1 atom stereocenters. The molecule has 0 aromatic heterocycles. The smallest absolute Gasteiger partial charge is 0.321 e. The molecule has 1 saturated heterocycles. The molecule has 2 aliphatic heterocycles. The van der Waals surface area contributed by atoms with Crippen LogP contribution in [0.3, 0.4) is 0 Å². The highest BCUT2D eigenvalue weighted by Gasteiger charge is 2.58. The predicted molar refractivity (Wildman–Crippen MR) is 92.7 cm³/mol. The van der Waals surface area contributed by atoms with Crippen molar-refractivity contribution in [2.75, 3.05) is 13.0 Å². The number of nitrogens with one attached hydrogen (secondary N) is 1. The summed E-state index contributed by atoms with van der Waals surface area (Å²) < 4.78 is 110. The molecular formula is C18H22ClN3O3. The summed E-state index contributed by atoms with van der Waals surface area (Å²) in [6.07, 6.45) is -10.5. The van der Waals surface area contributed by atoms with E-state index in [9.17, 15) is 14.7 Å². The number of carbonyl (C=O) groups is 2. The molecule has 1 aromatic rings. The normalized spacial score (nSPS) is 40.0. The molecule has 1 aromatic carbocycles. The molecule has 7 heteroatoms. The van der Waals surface area contributed by atoms with Crippen LogP contribution < -0.4 is 10.4 Å². The first-order valence-corrected chi connectivity index (χ1v) is 7.47. The Morgan fingerprint density at radius 2 is 2.12 bits per heavy atom. The average Bonchev–Trinajstić information content (AvgIpc) is 2.98. The molecule has 134 valence electrons. The summed E-state index contributed by atoms with van der Waals surface area (Å²) in [5, 5.41) is 11.1. The number of carbonyl (C=O) groups excluding carboxylic acids is 2. The lowest BCUT2D eigenvalue weighted by Gasteiger charge is -2.41. The van der Waals surface area contributed by atoms with Gasteiger partial charge in [-0.15, -0.1) is 0 Å². The van der Waals surface area contributed by atoms with E-state index < -0.39 is 94.3 Å². The number of likely N-dealkylation sites (tertiary alicyclic amines) is 1. The summed E-state index contributed by atoms with van der Waals surface area (Å²) in [4.78, 5) is 25.0. The standard InChI is InChI=1S/C18H22ClN3O3/c1-17(2,3)22-14(12-5-7-13(19)8-6-12)15(23)20-18(22)9-4-10-21(11-18)16(24)25/h5-8H,4,9-11H2,1-3H3,(H-,20,23,24,25)/i4D2,5D,6D,7D,8D,9D2,10D2,11D2/hD. The highest BCUT2D eigenvalue weighted by Crippen LogP contribution is 2.32. The zero-order chi connectivity index (χ0) is 29.9. The summed E-state index contributed by atoms with van der Waals surface area (Å²) in [5.74, 6) is -1.63. The van der Waals surface area contributed by atoms with Crippen molar-refractivity contribution >= 4 is 29.3 Å². The number of amides is 2. The van der Waals surface area contributed by atoms with Crippen LogP contribution in [0.15, 0.2) is 24.2 Å². The third-order valence-corrected chi connectivity index (χ3v) is 3.56. The Hall–Kier alpha value is -2.08. The number of piperidine rings is 1. The molecule has 6 nitrogen and oxygen atoms in total. The van der Waals surface area contributed by atoms with Gasteiger partial charge in [-0.25, -0.2) is 0 Å². The molecule has 1 N–H and O–H groups in total. The van der Waals surface area contributed by atoms with Crippen molar-refractivity contribution in [3.8, 4) is 0 Å². The van der Waals surface area contributed by atoms with Gasteiger partial charge >= 0.3 is 5.91 Å². The Kier molecular flexibility index (Phi) is 1.84. The maximum Gasteiger partial charge on any atom is 0.321 e. The number of carboxylic acid groups (broad SMARTS) is 1. The van der Waals surface area contributed by atoms with Gasteiger partial charge in [0.1, 0.15) is 12.6 Å². The van der Waals surface area contributed by atoms with E-state index in [1.54, 1.807) is 0 Å². The Morgan fingerprint density at radius 3 is 2.68 bits per heavy atom. The highest BCUT2D eigenvalue weighted by molar-refractivity contribution is 6.44. The van der Waals surface area contributed by atoms with Gasteiger partial charge in [-0.1, -0.05) is 11.6 Å². The van der Waals surface area contributed by atoms with Gasteiger partial charge in [-0.3, -0.25) is 10.1 Å². The Labute approximate surface area is 170 Å². The third-order valence-electron chi connectivity index (χ3n) is 3.37. The monoisotopic (exact) mass is 376 g/mol. The lowest BCUT2D eigenvalue weighted by molar-refractivity contribution is -0.667. The fourth-order valence-corrected chi connectivity index (χ4v) is 2.69. The van der Waals surface area contributed by atoms with E-state index in [2.05, 4.69) is 0 Å². The van der Waals surface area contributed by atoms with E-state index in [0.717, 1.165) is 0 Å². The molecule has 1 unspecified atom stereocenters. The van der Waals surface area contributed by atoms with Crippen LogP contribution >= 0.6 is 11.6 Å². The van der Waals surface area contributed by atoms with Crippen LogP contribution in [0.5, 0.6) is 0 Å². The summed E-state index contributed by atoms with van der Waals surface area (Å²) >= 11 is 5.85.